The van der Waals surface area contributed by atoms with E-state index < -0.39 is 69.8 Å². The Labute approximate surface area is 340 Å². The van der Waals surface area contributed by atoms with Crippen LogP contribution >= 0.6 is 0 Å². The fourth-order valence-electron chi connectivity index (χ4n) is 9.31. The minimum Gasteiger partial charge on any atom is -0.465 e. The molecule has 15 heteroatoms. The van der Waals surface area contributed by atoms with E-state index in [0.717, 1.165) is 36.8 Å². The van der Waals surface area contributed by atoms with Crippen LogP contribution in [0.15, 0.2) is 48.5 Å². The predicted octanol–water partition coefficient (Wildman–Crippen LogP) is 4.60. The number of amides is 6. The van der Waals surface area contributed by atoms with Crippen molar-refractivity contribution >= 4 is 35.8 Å². The molecule has 8 N–H and O–H groups in total. The van der Waals surface area contributed by atoms with Crippen molar-refractivity contribution < 1.29 is 39.0 Å². The number of hydrogen-bond acceptors (Lipinski definition) is 7. The van der Waals surface area contributed by atoms with Crippen molar-refractivity contribution in [1.82, 2.24) is 25.3 Å². The van der Waals surface area contributed by atoms with E-state index in [9.17, 15) is 39.0 Å². The lowest BCUT2D eigenvalue weighted by Gasteiger charge is -2.41. The van der Waals surface area contributed by atoms with Gasteiger partial charge >= 0.3 is 12.2 Å². The van der Waals surface area contributed by atoms with Gasteiger partial charge in [-0.05, 0) is 71.6 Å². The molecule has 0 spiro atoms. The number of nitrogens with zero attached hydrogens (tertiary/aromatic N) is 3. The normalized spacial score (nSPS) is 22.5. The second kappa shape index (κ2) is 17.0. The summed E-state index contributed by atoms with van der Waals surface area (Å²) in [5.74, 6) is -2.32. The van der Waals surface area contributed by atoms with Gasteiger partial charge in [0, 0.05) is 32.2 Å². The molecule has 2 aliphatic heterocycles. The summed E-state index contributed by atoms with van der Waals surface area (Å²) in [4.78, 5) is 83.2. The van der Waals surface area contributed by atoms with Crippen molar-refractivity contribution in [2.45, 2.75) is 135 Å². The highest BCUT2D eigenvalue weighted by atomic mass is 16.4. The molecule has 316 valence electrons. The molecule has 3 aliphatic rings. The van der Waals surface area contributed by atoms with Crippen LogP contribution in [0.2, 0.25) is 0 Å². The minimum atomic E-state index is -1.42. The smallest absolute Gasteiger partial charge is 0.405 e. The number of nitrogens with one attached hydrogen (secondary N) is 2. The molecule has 0 aromatic heterocycles. The molecule has 15 nitrogen and oxygen atoms in total. The molecule has 58 heavy (non-hydrogen) atoms. The van der Waals surface area contributed by atoms with E-state index in [1.54, 1.807) is 41.5 Å². The largest absolute Gasteiger partial charge is 0.465 e. The maximum absolute atomic E-state index is 14.0. The van der Waals surface area contributed by atoms with Crippen LogP contribution in [0.4, 0.5) is 9.59 Å². The zero-order valence-corrected chi connectivity index (χ0v) is 34.7. The van der Waals surface area contributed by atoms with Crippen LogP contribution in [0.3, 0.4) is 0 Å². The second-order valence-electron chi connectivity index (χ2n) is 18.4. The minimum absolute atomic E-state index is 0.264. The van der Waals surface area contributed by atoms with Crippen molar-refractivity contribution in [1.29, 1.82) is 0 Å². The van der Waals surface area contributed by atoms with E-state index in [2.05, 4.69) is 15.5 Å². The Hall–Kier alpha value is -5.18. The molecule has 0 unspecified atom stereocenters. The van der Waals surface area contributed by atoms with Gasteiger partial charge in [0.1, 0.15) is 23.2 Å². The van der Waals surface area contributed by atoms with Gasteiger partial charge in [-0.25, -0.2) is 9.59 Å². The summed E-state index contributed by atoms with van der Waals surface area (Å²) in [6.07, 6.45) is 3.37. The quantitative estimate of drug-likeness (QED) is 0.166. The van der Waals surface area contributed by atoms with E-state index in [4.69, 9.17) is 11.5 Å². The maximum atomic E-state index is 14.0. The first-order chi connectivity index (χ1) is 27.1. The summed E-state index contributed by atoms with van der Waals surface area (Å²) in [5.41, 5.74) is 11.0. The molecule has 0 radical (unpaired) electrons. The van der Waals surface area contributed by atoms with Gasteiger partial charge in [0.15, 0.2) is 0 Å². The second-order valence-corrected chi connectivity index (χ2v) is 18.4. The Morgan fingerprint density at radius 2 is 1.00 bits per heavy atom. The molecule has 6 amide bonds. The van der Waals surface area contributed by atoms with Crippen LogP contribution in [0.25, 0.3) is 0 Å². The molecular formula is C43H61N7O8. The van der Waals surface area contributed by atoms with Crippen molar-refractivity contribution in [3.8, 4) is 0 Å². The molecule has 4 atom stereocenters. The summed E-state index contributed by atoms with van der Waals surface area (Å²) in [6.45, 7) is 12.3. The molecule has 3 fully saturated rings. The number of benzene rings is 2. The van der Waals surface area contributed by atoms with Crippen molar-refractivity contribution in [2.24, 2.45) is 22.3 Å². The lowest BCUT2D eigenvalue weighted by Crippen LogP contribution is -2.61. The van der Waals surface area contributed by atoms with Crippen molar-refractivity contribution in [2.75, 3.05) is 13.1 Å². The number of primary amides is 2. The van der Waals surface area contributed by atoms with E-state index in [-0.39, 0.29) is 13.1 Å². The summed E-state index contributed by atoms with van der Waals surface area (Å²) < 4.78 is 0. The Morgan fingerprint density at radius 1 is 0.655 bits per heavy atom. The molecule has 2 aromatic rings. The average Bonchev–Trinajstić information content (AvgIpc) is 3.93. The maximum Gasteiger partial charge on any atom is 0.405 e. The average molecular weight is 804 g/mol. The third-order valence-electron chi connectivity index (χ3n) is 12.3. The van der Waals surface area contributed by atoms with E-state index >= 15 is 0 Å². The monoisotopic (exact) mass is 803 g/mol. The molecule has 0 bridgehead atoms. The fraction of sp³-hybridized carbons (Fsp3) is 0.581. The molecule has 2 saturated heterocycles. The number of carboxylic acid groups (broad SMARTS) is 2. The zero-order valence-electron chi connectivity index (χ0n) is 34.7. The van der Waals surface area contributed by atoms with E-state index in [0.29, 0.717) is 55.9 Å². The Kier molecular flexibility index (Phi) is 12.9. The number of carbonyl (C=O) groups is 6. The Morgan fingerprint density at radius 3 is 1.29 bits per heavy atom. The lowest BCUT2D eigenvalue weighted by molar-refractivity contribution is -0.147. The molecule has 2 heterocycles. The van der Waals surface area contributed by atoms with Crippen molar-refractivity contribution in [3.05, 3.63) is 70.8 Å². The van der Waals surface area contributed by atoms with E-state index in [1.165, 1.54) is 9.80 Å². The van der Waals surface area contributed by atoms with Gasteiger partial charge in [0.25, 0.3) is 0 Å². The molecule has 2 aromatic carbocycles. The van der Waals surface area contributed by atoms with Gasteiger partial charge in [-0.3, -0.25) is 24.1 Å². The van der Waals surface area contributed by atoms with Gasteiger partial charge in [-0.15, -0.1) is 0 Å². The summed E-state index contributed by atoms with van der Waals surface area (Å²) >= 11 is 0. The standard InChI is InChI=1S/C43H61N7O8/c1-40(2,3)32(46-38(55)56)34(51)49-23-9-21-42(49,36(44)53)29-17-13-27(14-18-29)25-48(31-11-7-8-12-31)26-28-15-19-30(20-16-28)43(37(45)54)22-10-24-50(43)35(52)33(41(4,5)6)47-39(57)58/h13-20,31-33,46-47H,7-12,21-26H2,1-6H3,(H2,44,53)(H2,45,54)(H,55,56)(H,57,58)/t32-,33-,42+,43+/m1/s1. The lowest BCUT2D eigenvalue weighted by atomic mass is 9.82. The van der Waals surface area contributed by atoms with Crippen molar-refractivity contribution in [3.63, 3.8) is 0 Å². The third-order valence-corrected chi connectivity index (χ3v) is 12.3. The van der Waals surface area contributed by atoms with Crippen LogP contribution in [0.5, 0.6) is 0 Å². The van der Waals surface area contributed by atoms with Crippen LogP contribution in [-0.2, 0) is 43.3 Å². The van der Waals surface area contributed by atoms with Crippen LogP contribution in [-0.4, -0.2) is 91.9 Å². The molecule has 1 aliphatic carbocycles. The first kappa shape index (κ1) is 43.9. The number of nitrogens with two attached hydrogens (primary N) is 2. The molecule has 1 saturated carbocycles. The number of hydrogen-bond donors (Lipinski definition) is 6. The number of carbonyl (C=O) groups excluding carboxylic acids is 4. The summed E-state index contributed by atoms with van der Waals surface area (Å²) in [6, 6.07) is 13.4. The van der Waals surface area contributed by atoms with Crippen LogP contribution in [0.1, 0.15) is 115 Å². The molecule has 5 rings (SSSR count). The highest BCUT2D eigenvalue weighted by Crippen LogP contribution is 2.42. The van der Waals surface area contributed by atoms with Gasteiger partial charge in [-0.2, -0.15) is 0 Å². The summed E-state index contributed by atoms with van der Waals surface area (Å²) in [5, 5.41) is 23.8. The van der Waals surface area contributed by atoms with Crippen LogP contribution in [0, 0.1) is 10.8 Å². The topological polar surface area (TPSA) is 229 Å². The Balaban J connectivity index is 1.39. The van der Waals surface area contributed by atoms with Gasteiger partial charge in [0.2, 0.25) is 23.6 Å². The first-order valence-corrected chi connectivity index (χ1v) is 20.3. The van der Waals surface area contributed by atoms with Gasteiger partial charge in [-0.1, -0.05) is 103 Å². The summed E-state index contributed by atoms with van der Waals surface area (Å²) in [7, 11) is 0. The Bertz CT molecular complexity index is 1740. The van der Waals surface area contributed by atoms with Gasteiger partial charge < -0.3 is 42.1 Å². The zero-order chi connectivity index (χ0) is 42.8. The fourth-order valence-corrected chi connectivity index (χ4v) is 9.31. The van der Waals surface area contributed by atoms with Gasteiger partial charge in [0.05, 0.1) is 0 Å². The first-order valence-electron chi connectivity index (χ1n) is 20.3. The van der Waals surface area contributed by atoms with Crippen LogP contribution < -0.4 is 22.1 Å². The predicted molar refractivity (Wildman–Crippen MR) is 217 cm³/mol. The SMILES string of the molecule is CC(C)(C)[C@H](NC(=O)O)C(=O)N1CCC[C@@]1(C(N)=O)c1ccc(CN(Cc2ccc([C@]3(C(N)=O)CCCN3C(=O)[C@@H](NC(=O)O)C(C)(C)C)cc2)C2CCCC2)cc1. The third kappa shape index (κ3) is 8.79. The number of likely N-dealkylation sites (tertiary alicyclic amines) is 2. The molecular weight excluding hydrogens is 743 g/mol. The van der Waals surface area contributed by atoms with E-state index in [1.807, 2.05) is 48.5 Å². The highest BCUT2D eigenvalue weighted by Gasteiger charge is 2.54. The highest BCUT2D eigenvalue weighted by molar-refractivity contribution is 5.96. The number of rotatable bonds is 13.